The van der Waals surface area contributed by atoms with Crippen molar-refractivity contribution in [1.29, 1.82) is 0 Å². The lowest BCUT2D eigenvalue weighted by Crippen LogP contribution is -2.58. The summed E-state index contributed by atoms with van der Waals surface area (Å²) >= 11 is 0. The second-order valence-corrected chi connectivity index (χ2v) is 8.65. The maximum Gasteiger partial charge on any atom is 0.326 e. The van der Waals surface area contributed by atoms with Crippen LogP contribution in [0.15, 0.2) is 17.5 Å². The molecule has 36 heavy (non-hydrogen) atoms. The van der Waals surface area contributed by atoms with Crippen molar-refractivity contribution in [2.24, 2.45) is 22.2 Å². The minimum absolute atomic E-state index is 0.0231. The number of aliphatic imine (C=N–C) groups is 1. The molecule has 15 heteroatoms. The first-order chi connectivity index (χ1) is 17.0. The summed E-state index contributed by atoms with van der Waals surface area (Å²) in [4.78, 5) is 62.5. The van der Waals surface area contributed by atoms with Crippen LogP contribution in [0.25, 0.3) is 0 Å². The summed E-state index contributed by atoms with van der Waals surface area (Å²) in [5.74, 6) is -3.25. The Morgan fingerprint density at radius 1 is 1.25 bits per heavy atom. The zero-order valence-corrected chi connectivity index (χ0v) is 20.1. The van der Waals surface area contributed by atoms with Crippen LogP contribution in [0.4, 0.5) is 0 Å². The van der Waals surface area contributed by atoms with E-state index in [0.29, 0.717) is 25.0 Å². The molecule has 0 bridgehead atoms. The Labute approximate surface area is 207 Å². The van der Waals surface area contributed by atoms with Crippen LogP contribution in [0.5, 0.6) is 0 Å². The third-order valence-electron chi connectivity index (χ3n) is 5.82. The number of hydrogen-bond acceptors (Lipinski definition) is 8. The number of nitrogens with two attached hydrogens (primary N) is 3. The number of hydrogen-bond donors (Lipinski definition) is 8. The topological polar surface area (TPSA) is 255 Å². The van der Waals surface area contributed by atoms with Gasteiger partial charge in [0.05, 0.1) is 12.4 Å². The Morgan fingerprint density at radius 2 is 1.94 bits per heavy atom. The molecule has 15 nitrogen and oxygen atoms in total. The Bertz CT molecular complexity index is 932. The monoisotopic (exact) mass is 509 g/mol. The summed E-state index contributed by atoms with van der Waals surface area (Å²) in [6, 6.07) is -4.51. The molecule has 3 amide bonds. The lowest BCUT2D eigenvalue weighted by atomic mass is 10.1. The number of aliphatic hydroxyl groups excluding tert-OH is 1. The predicted octanol–water partition coefficient (Wildman–Crippen LogP) is -3.24. The van der Waals surface area contributed by atoms with Crippen molar-refractivity contribution in [3.8, 4) is 0 Å². The van der Waals surface area contributed by atoms with Crippen molar-refractivity contribution in [2.75, 3.05) is 13.1 Å². The van der Waals surface area contributed by atoms with Crippen molar-refractivity contribution in [3.63, 3.8) is 0 Å². The number of nitrogens with one attached hydrogen (secondary N) is 3. The van der Waals surface area contributed by atoms with E-state index >= 15 is 0 Å². The van der Waals surface area contributed by atoms with E-state index in [1.165, 1.54) is 24.3 Å². The zero-order chi connectivity index (χ0) is 26.8. The number of aliphatic carboxylic acids is 1. The highest BCUT2D eigenvalue weighted by molar-refractivity contribution is 5.94. The molecular formula is C21H35N9O6. The van der Waals surface area contributed by atoms with E-state index in [1.54, 1.807) is 0 Å². The number of likely N-dealkylation sites (tertiary alicyclic amines) is 1. The predicted molar refractivity (Wildman–Crippen MR) is 128 cm³/mol. The molecule has 2 rings (SSSR count). The smallest absolute Gasteiger partial charge is 0.326 e. The number of carbonyl (C=O) groups excluding carboxylic acids is 3. The van der Waals surface area contributed by atoms with E-state index in [4.69, 9.17) is 17.2 Å². The second kappa shape index (κ2) is 13.4. The zero-order valence-electron chi connectivity index (χ0n) is 20.1. The molecule has 0 spiro atoms. The van der Waals surface area contributed by atoms with Crippen LogP contribution >= 0.6 is 0 Å². The summed E-state index contributed by atoms with van der Waals surface area (Å²) in [5, 5.41) is 24.3. The first-order valence-electron chi connectivity index (χ1n) is 11.6. The largest absolute Gasteiger partial charge is 0.480 e. The van der Waals surface area contributed by atoms with Gasteiger partial charge in [-0.2, -0.15) is 0 Å². The minimum Gasteiger partial charge on any atom is -0.480 e. The first-order valence-corrected chi connectivity index (χ1v) is 11.6. The van der Waals surface area contributed by atoms with E-state index in [1.807, 2.05) is 0 Å². The Hall–Kier alpha value is -3.72. The number of amides is 3. The van der Waals surface area contributed by atoms with Crippen LogP contribution < -0.4 is 27.8 Å². The van der Waals surface area contributed by atoms with Crippen molar-refractivity contribution >= 4 is 29.7 Å². The normalized spacial score (nSPS) is 18.5. The third-order valence-corrected chi connectivity index (χ3v) is 5.82. The molecule has 1 aromatic heterocycles. The average Bonchev–Trinajstić information content (AvgIpc) is 3.51. The fourth-order valence-corrected chi connectivity index (χ4v) is 3.84. The Balaban J connectivity index is 2.22. The summed E-state index contributed by atoms with van der Waals surface area (Å²) in [7, 11) is 0. The van der Waals surface area contributed by atoms with E-state index in [9.17, 15) is 29.4 Å². The number of carboxylic acids is 1. The maximum absolute atomic E-state index is 13.3. The quantitative estimate of drug-likeness (QED) is 0.0748. The van der Waals surface area contributed by atoms with Crippen molar-refractivity contribution in [2.45, 2.75) is 69.3 Å². The molecule has 0 aliphatic carbocycles. The molecule has 2 heterocycles. The number of rotatable bonds is 13. The molecule has 1 aliphatic rings. The van der Waals surface area contributed by atoms with Crippen LogP contribution in [0.1, 0.15) is 38.3 Å². The highest BCUT2D eigenvalue weighted by atomic mass is 16.4. The molecule has 0 saturated carbocycles. The Kier molecular flexibility index (Phi) is 10.6. The number of nitrogens with zero attached hydrogens (tertiary/aromatic N) is 3. The van der Waals surface area contributed by atoms with Crippen LogP contribution in [0.2, 0.25) is 0 Å². The molecule has 200 valence electrons. The van der Waals surface area contributed by atoms with Crippen LogP contribution in [0, 0.1) is 0 Å². The molecule has 1 fully saturated rings. The van der Waals surface area contributed by atoms with Gasteiger partial charge in [0.25, 0.3) is 0 Å². The summed E-state index contributed by atoms with van der Waals surface area (Å²) in [5.41, 5.74) is 16.9. The SMILES string of the molecule is CC(O)C(N)C(=O)NC(CCCN=C(N)N)C(=O)NC(Cc1cnc[nH]1)C(=O)N1CCCC1C(=O)O. The minimum atomic E-state index is -1.28. The number of aromatic nitrogens is 2. The molecule has 11 N–H and O–H groups in total. The van der Waals surface area contributed by atoms with Gasteiger partial charge in [-0.25, -0.2) is 9.78 Å². The number of imidazole rings is 1. The number of H-pyrrole nitrogens is 1. The fourth-order valence-electron chi connectivity index (χ4n) is 3.84. The molecular weight excluding hydrogens is 474 g/mol. The van der Waals surface area contributed by atoms with Gasteiger partial charge in [0.2, 0.25) is 17.7 Å². The number of carboxylic acid groups (broad SMARTS) is 1. The molecule has 1 aromatic rings. The van der Waals surface area contributed by atoms with Gasteiger partial charge >= 0.3 is 5.97 Å². The van der Waals surface area contributed by atoms with Crippen LogP contribution in [0.3, 0.4) is 0 Å². The molecule has 1 aliphatic heterocycles. The van der Waals surface area contributed by atoms with Gasteiger partial charge < -0.3 is 47.9 Å². The molecule has 0 aromatic carbocycles. The number of aromatic amines is 1. The fraction of sp³-hybridized carbons (Fsp3) is 0.619. The van der Waals surface area contributed by atoms with E-state index in [0.717, 1.165) is 0 Å². The van der Waals surface area contributed by atoms with Crippen LogP contribution in [-0.4, -0.2) is 98.1 Å². The first kappa shape index (κ1) is 28.5. The third kappa shape index (κ3) is 8.20. The number of carbonyl (C=O) groups is 4. The van der Waals surface area contributed by atoms with Crippen molar-refractivity contribution < 1.29 is 29.4 Å². The average molecular weight is 510 g/mol. The van der Waals surface area contributed by atoms with Gasteiger partial charge in [0, 0.05) is 31.4 Å². The van der Waals surface area contributed by atoms with E-state index in [2.05, 4.69) is 25.6 Å². The van der Waals surface area contributed by atoms with E-state index < -0.39 is 54.0 Å². The summed E-state index contributed by atoms with van der Waals surface area (Å²) < 4.78 is 0. The number of aliphatic hydroxyl groups is 1. The molecule has 1 saturated heterocycles. The lowest BCUT2D eigenvalue weighted by molar-refractivity contribution is -0.149. The van der Waals surface area contributed by atoms with Crippen molar-refractivity contribution in [1.82, 2.24) is 25.5 Å². The van der Waals surface area contributed by atoms with E-state index in [-0.39, 0.29) is 31.9 Å². The highest BCUT2D eigenvalue weighted by Crippen LogP contribution is 2.19. The lowest BCUT2D eigenvalue weighted by Gasteiger charge is -2.29. The summed E-state index contributed by atoms with van der Waals surface area (Å²) in [6.45, 7) is 1.77. The van der Waals surface area contributed by atoms with Crippen LogP contribution in [-0.2, 0) is 25.6 Å². The van der Waals surface area contributed by atoms with Gasteiger partial charge in [-0.3, -0.25) is 19.4 Å². The van der Waals surface area contributed by atoms with Gasteiger partial charge in [0.15, 0.2) is 5.96 Å². The van der Waals surface area contributed by atoms with Gasteiger partial charge in [0.1, 0.15) is 24.2 Å². The summed E-state index contributed by atoms with van der Waals surface area (Å²) in [6.07, 6.45) is 3.02. The highest BCUT2D eigenvalue weighted by Gasteiger charge is 2.38. The van der Waals surface area contributed by atoms with Crippen molar-refractivity contribution in [3.05, 3.63) is 18.2 Å². The maximum atomic E-state index is 13.3. The number of guanidine groups is 1. The van der Waals surface area contributed by atoms with Gasteiger partial charge in [-0.05, 0) is 32.6 Å². The molecule has 5 unspecified atom stereocenters. The standard InChI is InChI=1S/C21H35N9O6/c1-11(31)16(22)18(33)28-13(4-2-6-26-21(23)24)17(32)29-14(8-12-9-25-10-27-12)19(34)30-7-3-5-15(30)20(35)36/h9-11,13-16,31H,2-8,22H2,1H3,(H,25,27)(H,28,33)(H,29,32)(H,35,36)(H4,23,24,26). The van der Waals surface area contributed by atoms with Gasteiger partial charge in [-0.15, -0.1) is 0 Å². The molecule has 5 atom stereocenters. The molecule has 0 radical (unpaired) electrons. The second-order valence-electron chi connectivity index (χ2n) is 8.65. The van der Waals surface area contributed by atoms with Gasteiger partial charge in [-0.1, -0.05) is 0 Å². The Morgan fingerprint density at radius 3 is 2.53 bits per heavy atom.